The fourth-order valence-corrected chi connectivity index (χ4v) is 2.62. The Labute approximate surface area is 121 Å². The molecule has 1 saturated heterocycles. The number of likely N-dealkylation sites (tertiary alicyclic amines) is 1. The second-order valence-electron chi connectivity index (χ2n) is 6.48. The molecule has 2 rings (SSSR count). The summed E-state index contributed by atoms with van der Waals surface area (Å²) in [7, 11) is 0. The summed E-state index contributed by atoms with van der Waals surface area (Å²) in [6, 6.07) is 10.0. The van der Waals surface area contributed by atoms with Crippen LogP contribution in [0, 0.1) is 0 Å². The summed E-state index contributed by atoms with van der Waals surface area (Å²) in [4.78, 5) is 14.8. The van der Waals surface area contributed by atoms with Gasteiger partial charge in [-0.15, -0.1) is 0 Å². The van der Waals surface area contributed by atoms with Gasteiger partial charge in [-0.05, 0) is 58.7 Å². The third kappa shape index (κ3) is 4.34. The summed E-state index contributed by atoms with van der Waals surface area (Å²) < 4.78 is 5.60. The highest BCUT2D eigenvalue weighted by Crippen LogP contribution is 2.19. The standard InChI is InChI=1S/C17H25NO2/c1-17(2,3)20-16(19)15(18-11-7-8-12-18)13-14-9-5-4-6-10-14/h4-6,9-10,15H,7-8,11-13H2,1-3H3/t15-/m0/s1. The van der Waals surface area contributed by atoms with E-state index >= 15 is 0 Å². The minimum absolute atomic E-state index is 0.0942. The van der Waals surface area contributed by atoms with Crippen molar-refractivity contribution in [2.75, 3.05) is 13.1 Å². The second kappa shape index (κ2) is 6.40. The molecule has 0 spiro atoms. The first-order valence-electron chi connectivity index (χ1n) is 7.46. The molecule has 1 fully saturated rings. The SMILES string of the molecule is CC(C)(C)OC(=O)[C@H](Cc1ccccc1)N1CCCC1. The summed E-state index contributed by atoms with van der Waals surface area (Å²) in [6.07, 6.45) is 3.08. The van der Waals surface area contributed by atoms with E-state index in [-0.39, 0.29) is 12.0 Å². The molecular weight excluding hydrogens is 250 g/mol. The first-order valence-corrected chi connectivity index (χ1v) is 7.46. The van der Waals surface area contributed by atoms with Crippen LogP contribution in [0.2, 0.25) is 0 Å². The van der Waals surface area contributed by atoms with Gasteiger partial charge >= 0.3 is 5.97 Å². The lowest BCUT2D eigenvalue weighted by atomic mass is 10.0. The number of hydrogen-bond acceptors (Lipinski definition) is 3. The van der Waals surface area contributed by atoms with E-state index in [0.29, 0.717) is 0 Å². The van der Waals surface area contributed by atoms with Crippen LogP contribution in [0.3, 0.4) is 0 Å². The zero-order chi connectivity index (χ0) is 14.6. The van der Waals surface area contributed by atoms with Gasteiger partial charge in [0.05, 0.1) is 0 Å². The highest BCUT2D eigenvalue weighted by atomic mass is 16.6. The predicted octanol–water partition coefficient (Wildman–Crippen LogP) is 3.04. The van der Waals surface area contributed by atoms with Gasteiger partial charge in [0.25, 0.3) is 0 Å². The molecule has 0 amide bonds. The number of hydrogen-bond donors (Lipinski definition) is 0. The lowest BCUT2D eigenvalue weighted by Gasteiger charge is -2.29. The van der Waals surface area contributed by atoms with E-state index in [2.05, 4.69) is 17.0 Å². The topological polar surface area (TPSA) is 29.5 Å². The second-order valence-corrected chi connectivity index (χ2v) is 6.48. The number of carbonyl (C=O) groups excluding carboxylic acids is 1. The van der Waals surface area contributed by atoms with E-state index in [0.717, 1.165) is 19.5 Å². The van der Waals surface area contributed by atoms with Crippen molar-refractivity contribution in [3.63, 3.8) is 0 Å². The Morgan fingerprint density at radius 3 is 2.35 bits per heavy atom. The zero-order valence-electron chi connectivity index (χ0n) is 12.8. The lowest BCUT2D eigenvalue weighted by molar-refractivity contribution is -0.161. The molecule has 1 aliphatic rings. The van der Waals surface area contributed by atoms with Crippen molar-refractivity contribution in [1.29, 1.82) is 0 Å². The van der Waals surface area contributed by atoms with E-state index in [1.54, 1.807) is 0 Å². The average Bonchev–Trinajstić information content (AvgIpc) is 2.88. The highest BCUT2D eigenvalue weighted by molar-refractivity contribution is 5.76. The van der Waals surface area contributed by atoms with Gasteiger partial charge in [-0.1, -0.05) is 30.3 Å². The zero-order valence-corrected chi connectivity index (χ0v) is 12.8. The maximum absolute atomic E-state index is 12.5. The van der Waals surface area contributed by atoms with Crippen molar-refractivity contribution in [3.05, 3.63) is 35.9 Å². The Balaban J connectivity index is 2.10. The molecule has 1 aromatic rings. The van der Waals surface area contributed by atoms with Crippen molar-refractivity contribution in [3.8, 4) is 0 Å². The molecule has 110 valence electrons. The van der Waals surface area contributed by atoms with Crippen LogP contribution in [0.4, 0.5) is 0 Å². The number of carbonyl (C=O) groups is 1. The minimum Gasteiger partial charge on any atom is -0.459 e. The fraction of sp³-hybridized carbons (Fsp3) is 0.588. The third-order valence-electron chi connectivity index (χ3n) is 3.53. The Hall–Kier alpha value is -1.35. The van der Waals surface area contributed by atoms with E-state index < -0.39 is 5.60 Å². The molecule has 0 aliphatic carbocycles. The summed E-state index contributed by atoms with van der Waals surface area (Å²) >= 11 is 0. The van der Waals surface area contributed by atoms with Gasteiger partial charge in [-0.25, -0.2) is 0 Å². The van der Waals surface area contributed by atoms with Crippen molar-refractivity contribution in [1.82, 2.24) is 4.90 Å². The van der Waals surface area contributed by atoms with E-state index in [1.165, 1.54) is 18.4 Å². The Morgan fingerprint density at radius 2 is 1.80 bits per heavy atom. The average molecular weight is 275 g/mol. The molecule has 0 aromatic heterocycles. The monoisotopic (exact) mass is 275 g/mol. The van der Waals surface area contributed by atoms with Crippen LogP contribution in [-0.2, 0) is 16.0 Å². The van der Waals surface area contributed by atoms with Crippen molar-refractivity contribution >= 4 is 5.97 Å². The van der Waals surface area contributed by atoms with E-state index in [1.807, 2.05) is 39.0 Å². The van der Waals surface area contributed by atoms with Crippen molar-refractivity contribution in [2.24, 2.45) is 0 Å². The molecule has 0 bridgehead atoms. The van der Waals surface area contributed by atoms with Crippen molar-refractivity contribution < 1.29 is 9.53 Å². The van der Waals surface area contributed by atoms with Gasteiger partial charge < -0.3 is 4.74 Å². The summed E-state index contributed by atoms with van der Waals surface area (Å²) in [6.45, 7) is 7.77. The molecule has 3 nitrogen and oxygen atoms in total. The lowest BCUT2D eigenvalue weighted by Crippen LogP contribution is -2.44. The third-order valence-corrected chi connectivity index (χ3v) is 3.53. The molecule has 1 aromatic carbocycles. The van der Waals surface area contributed by atoms with Crippen LogP contribution < -0.4 is 0 Å². The molecule has 1 atom stereocenters. The van der Waals surface area contributed by atoms with Crippen LogP contribution >= 0.6 is 0 Å². The molecule has 1 aliphatic heterocycles. The molecule has 0 unspecified atom stereocenters. The molecule has 0 N–H and O–H groups in total. The summed E-state index contributed by atoms with van der Waals surface area (Å²) in [5, 5.41) is 0. The smallest absolute Gasteiger partial charge is 0.324 e. The number of ether oxygens (including phenoxy) is 1. The van der Waals surface area contributed by atoms with Gasteiger partial charge in [0.1, 0.15) is 11.6 Å². The van der Waals surface area contributed by atoms with Crippen LogP contribution in [0.15, 0.2) is 30.3 Å². The first kappa shape index (κ1) is 15.0. The van der Waals surface area contributed by atoms with Crippen LogP contribution in [0.25, 0.3) is 0 Å². The number of nitrogens with zero attached hydrogens (tertiary/aromatic N) is 1. The quantitative estimate of drug-likeness (QED) is 0.791. The number of esters is 1. The van der Waals surface area contributed by atoms with Crippen molar-refractivity contribution in [2.45, 2.75) is 51.7 Å². The number of benzene rings is 1. The van der Waals surface area contributed by atoms with Crippen LogP contribution in [0.1, 0.15) is 39.2 Å². The Morgan fingerprint density at radius 1 is 1.20 bits per heavy atom. The highest BCUT2D eigenvalue weighted by Gasteiger charge is 2.31. The molecule has 0 saturated carbocycles. The van der Waals surface area contributed by atoms with E-state index in [9.17, 15) is 4.79 Å². The van der Waals surface area contributed by atoms with Gasteiger partial charge in [0, 0.05) is 0 Å². The molecular formula is C17H25NO2. The maximum Gasteiger partial charge on any atom is 0.324 e. The molecule has 3 heteroatoms. The first-order chi connectivity index (χ1) is 9.46. The Bertz CT molecular complexity index is 430. The molecule has 0 radical (unpaired) electrons. The van der Waals surface area contributed by atoms with Crippen LogP contribution in [-0.4, -0.2) is 35.6 Å². The van der Waals surface area contributed by atoms with Gasteiger partial charge in [0.15, 0.2) is 0 Å². The Kier molecular flexibility index (Phi) is 4.81. The normalized spacial score (nSPS) is 17.9. The maximum atomic E-state index is 12.5. The van der Waals surface area contributed by atoms with E-state index in [4.69, 9.17) is 4.74 Å². The minimum atomic E-state index is -0.425. The van der Waals surface area contributed by atoms with Gasteiger partial charge in [-0.3, -0.25) is 9.69 Å². The van der Waals surface area contributed by atoms with Gasteiger partial charge in [0.2, 0.25) is 0 Å². The predicted molar refractivity (Wildman–Crippen MR) is 80.6 cm³/mol. The molecule has 20 heavy (non-hydrogen) atoms. The number of rotatable bonds is 4. The van der Waals surface area contributed by atoms with Gasteiger partial charge in [-0.2, -0.15) is 0 Å². The largest absolute Gasteiger partial charge is 0.459 e. The molecule has 1 heterocycles. The summed E-state index contributed by atoms with van der Waals surface area (Å²) in [5.74, 6) is -0.0942. The fourth-order valence-electron chi connectivity index (χ4n) is 2.62. The summed E-state index contributed by atoms with van der Waals surface area (Å²) in [5.41, 5.74) is 0.765. The van der Waals surface area contributed by atoms with Crippen LogP contribution in [0.5, 0.6) is 0 Å².